The molecule has 0 aromatic heterocycles. The van der Waals surface area contributed by atoms with Gasteiger partial charge in [-0.3, -0.25) is 0 Å². The molecule has 80 valence electrons. The van der Waals surface area contributed by atoms with E-state index in [4.69, 9.17) is 11.6 Å². The molecule has 0 aliphatic heterocycles. The number of hydrogen-bond donors (Lipinski definition) is 0. The topological polar surface area (TPSA) is 0 Å². The summed E-state index contributed by atoms with van der Waals surface area (Å²) in [5.74, 6) is 0. The van der Waals surface area contributed by atoms with Crippen molar-refractivity contribution in [3.8, 4) is 0 Å². The summed E-state index contributed by atoms with van der Waals surface area (Å²) in [6.45, 7) is 0. The highest BCUT2D eigenvalue weighted by atomic mass is 35.5. The first-order valence-corrected chi connectivity index (χ1v) is 6.09. The fourth-order valence-electron chi connectivity index (χ4n) is 2.53. The van der Waals surface area contributed by atoms with Crippen LogP contribution in [0.4, 0.5) is 0 Å². The molecule has 3 rings (SSSR count). The molecule has 0 spiro atoms. The lowest BCUT2D eigenvalue weighted by Gasteiger charge is -2.19. The molecule has 1 heteroatoms. The van der Waals surface area contributed by atoms with E-state index in [2.05, 4.69) is 42.5 Å². The van der Waals surface area contributed by atoms with Crippen molar-refractivity contribution in [1.82, 2.24) is 0 Å². The van der Waals surface area contributed by atoms with Gasteiger partial charge in [0.2, 0.25) is 0 Å². The van der Waals surface area contributed by atoms with Gasteiger partial charge in [0.25, 0.3) is 0 Å². The Bertz CT molecular complexity index is 503. The van der Waals surface area contributed by atoms with Gasteiger partial charge in [-0.1, -0.05) is 41.9 Å². The SMILES string of the molecule is ClC1=CC2=C(c3ccccc3)CCCC2=C1. The number of benzene rings is 1. The summed E-state index contributed by atoms with van der Waals surface area (Å²) in [5, 5.41) is 0.875. The van der Waals surface area contributed by atoms with Crippen molar-refractivity contribution in [2.45, 2.75) is 19.3 Å². The Hall–Kier alpha value is -1.27. The van der Waals surface area contributed by atoms with E-state index in [0.29, 0.717) is 0 Å². The van der Waals surface area contributed by atoms with Crippen LogP contribution < -0.4 is 0 Å². The molecular weight excluding hydrogens is 216 g/mol. The molecule has 0 N–H and O–H groups in total. The van der Waals surface area contributed by atoms with Crippen LogP contribution in [0.1, 0.15) is 24.8 Å². The summed E-state index contributed by atoms with van der Waals surface area (Å²) >= 11 is 6.09. The molecule has 0 saturated carbocycles. The molecule has 0 fully saturated rings. The van der Waals surface area contributed by atoms with Crippen LogP contribution >= 0.6 is 11.6 Å². The van der Waals surface area contributed by atoms with Gasteiger partial charge in [0, 0.05) is 5.03 Å². The molecule has 0 atom stereocenters. The van der Waals surface area contributed by atoms with Gasteiger partial charge in [-0.15, -0.1) is 0 Å². The van der Waals surface area contributed by atoms with Gasteiger partial charge in [-0.25, -0.2) is 0 Å². The minimum Gasteiger partial charge on any atom is -0.0843 e. The standard InChI is InChI=1S/C15H13Cl/c16-13-9-12-7-4-8-14(15(12)10-13)11-5-2-1-3-6-11/h1-3,5-6,9-10H,4,7-8H2. The van der Waals surface area contributed by atoms with Crippen molar-refractivity contribution in [3.05, 3.63) is 64.2 Å². The minimum atomic E-state index is 0.875. The first kappa shape index (κ1) is 9.92. The molecule has 16 heavy (non-hydrogen) atoms. The van der Waals surface area contributed by atoms with E-state index in [1.807, 2.05) is 0 Å². The van der Waals surface area contributed by atoms with Crippen molar-refractivity contribution in [2.24, 2.45) is 0 Å². The highest BCUT2D eigenvalue weighted by Gasteiger charge is 2.20. The monoisotopic (exact) mass is 228 g/mol. The van der Waals surface area contributed by atoms with Crippen LogP contribution in [0.3, 0.4) is 0 Å². The van der Waals surface area contributed by atoms with E-state index in [1.54, 1.807) is 0 Å². The third kappa shape index (κ3) is 1.64. The highest BCUT2D eigenvalue weighted by Crippen LogP contribution is 2.41. The van der Waals surface area contributed by atoms with Gasteiger partial charge >= 0.3 is 0 Å². The zero-order chi connectivity index (χ0) is 11.0. The molecule has 1 aromatic rings. The van der Waals surface area contributed by atoms with E-state index in [1.165, 1.54) is 35.1 Å². The van der Waals surface area contributed by atoms with E-state index < -0.39 is 0 Å². The Labute approximate surface area is 101 Å². The number of allylic oxidation sites excluding steroid dienone is 6. The average molecular weight is 229 g/mol. The Morgan fingerprint density at radius 3 is 2.56 bits per heavy atom. The fraction of sp³-hybridized carbons (Fsp3) is 0.200. The van der Waals surface area contributed by atoms with Gasteiger partial charge in [0.1, 0.15) is 0 Å². The summed E-state index contributed by atoms with van der Waals surface area (Å²) < 4.78 is 0. The van der Waals surface area contributed by atoms with E-state index in [-0.39, 0.29) is 0 Å². The first-order chi connectivity index (χ1) is 7.84. The third-order valence-corrected chi connectivity index (χ3v) is 3.48. The lowest BCUT2D eigenvalue weighted by molar-refractivity contribution is 0.826. The van der Waals surface area contributed by atoms with Crippen LogP contribution in [-0.2, 0) is 0 Å². The highest BCUT2D eigenvalue weighted by molar-refractivity contribution is 6.32. The summed E-state index contributed by atoms with van der Waals surface area (Å²) in [5.41, 5.74) is 5.57. The van der Waals surface area contributed by atoms with Crippen LogP contribution in [0.5, 0.6) is 0 Å². The van der Waals surface area contributed by atoms with Crippen molar-refractivity contribution in [1.29, 1.82) is 0 Å². The summed E-state index contributed by atoms with van der Waals surface area (Å²) in [6.07, 6.45) is 7.78. The molecule has 2 aliphatic rings. The molecule has 0 amide bonds. The van der Waals surface area contributed by atoms with Crippen LogP contribution in [0.2, 0.25) is 0 Å². The Morgan fingerprint density at radius 2 is 1.75 bits per heavy atom. The third-order valence-electron chi connectivity index (χ3n) is 3.26. The lowest BCUT2D eigenvalue weighted by Crippen LogP contribution is -1.99. The Kier molecular flexibility index (Phi) is 2.45. The van der Waals surface area contributed by atoms with Crippen LogP contribution in [0, 0.1) is 0 Å². The molecule has 0 unspecified atom stereocenters. The van der Waals surface area contributed by atoms with Gasteiger partial charge in [0.05, 0.1) is 0 Å². The van der Waals surface area contributed by atoms with Crippen LogP contribution in [0.15, 0.2) is 58.7 Å². The molecule has 0 radical (unpaired) electrons. The van der Waals surface area contributed by atoms with Crippen molar-refractivity contribution >= 4 is 17.2 Å². The predicted molar refractivity (Wildman–Crippen MR) is 69.2 cm³/mol. The molecule has 2 aliphatic carbocycles. The largest absolute Gasteiger partial charge is 0.0843 e. The summed E-state index contributed by atoms with van der Waals surface area (Å²) in [4.78, 5) is 0. The second kappa shape index (κ2) is 3.95. The van der Waals surface area contributed by atoms with E-state index in [9.17, 15) is 0 Å². The minimum absolute atomic E-state index is 0.875. The molecule has 0 heterocycles. The zero-order valence-corrected chi connectivity index (χ0v) is 9.80. The fourth-order valence-corrected chi connectivity index (χ4v) is 2.77. The first-order valence-electron chi connectivity index (χ1n) is 5.71. The maximum Gasteiger partial charge on any atom is 0.0415 e. The predicted octanol–water partition coefficient (Wildman–Crippen LogP) is 4.69. The van der Waals surface area contributed by atoms with Gasteiger partial charge in [0.15, 0.2) is 0 Å². The smallest absolute Gasteiger partial charge is 0.0415 e. The average Bonchev–Trinajstić information content (AvgIpc) is 2.70. The maximum absolute atomic E-state index is 6.09. The van der Waals surface area contributed by atoms with E-state index in [0.717, 1.165) is 11.5 Å². The van der Waals surface area contributed by atoms with Gasteiger partial charge in [-0.2, -0.15) is 0 Å². The number of rotatable bonds is 1. The van der Waals surface area contributed by atoms with Gasteiger partial charge < -0.3 is 0 Å². The Balaban J connectivity index is 2.14. The van der Waals surface area contributed by atoms with Gasteiger partial charge in [-0.05, 0) is 53.7 Å². The second-order valence-corrected chi connectivity index (χ2v) is 4.75. The molecule has 0 bridgehead atoms. The molecule has 1 aromatic carbocycles. The van der Waals surface area contributed by atoms with Crippen LogP contribution in [0.25, 0.3) is 5.57 Å². The molecule has 0 saturated heterocycles. The zero-order valence-electron chi connectivity index (χ0n) is 9.04. The molecular formula is C15H13Cl. The normalized spacial score (nSPS) is 19.3. The quantitative estimate of drug-likeness (QED) is 0.654. The van der Waals surface area contributed by atoms with Crippen molar-refractivity contribution in [3.63, 3.8) is 0 Å². The van der Waals surface area contributed by atoms with Crippen molar-refractivity contribution < 1.29 is 0 Å². The maximum atomic E-state index is 6.09. The molecule has 0 nitrogen and oxygen atoms in total. The lowest BCUT2D eigenvalue weighted by atomic mass is 9.85. The summed E-state index contributed by atoms with van der Waals surface area (Å²) in [7, 11) is 0. The summed E-state index contributed by atoms with van der Waals surface area (Å²) in [6, 6.07) is 10.6. The number of halogens is 1. The second-order valence-electron chi connectivity index (χ2n) is 4.31. The number of hydrogen-bond acceptors (Lipinski definition) is 0. The van der Waals surface area contributed by atoms with Crippen LogP contribution in [-0.4, -0.2) is 0 Å². The number of fused-ring (bicyclic) bond motifs is 1. The Morgan fingerprint density at radius 1 is 0.938 bits per heavy atom. The van der Waals surface area contributed by atoms with E-state index >= 15 is 0 Å². The van der Waals surface area contributed by atoms with Crippen molar-refractivity contribution in [2.75, 3.05) is 0 Å².